The molecule has 0 unspecified atom stereocenters. The summed E-state index contributed by atoms with van der Waals surface area (Å²) in [6, 6.07) is 16.8. The third-order valence-corrected chi connectivity index (χ3v) is 4.89. The van der Waals surface area contributed by atoms with Crippen LogP contribution in [0.4, 0.5) is 21.5 Å². The van der Waals surface area contributed by atoms with Gasteiger partial charge in [0.1, 0.15) is 5.82 Å². The van der Waals surface area contributed by atoms with Crippen LogP contribution in [0.2, 0.25) is 5.02 Å². The maximum Gasteiger partial charge on any atom is 0.258 e. The van der Waals surface area contributed by atoms with Crippen molar-refractivity contribution in [2.24, 2.45) is 0 Å². The lowest BCUT2D eigenvalue weighted by atomic mass is 10.1. The number of rotatable bonds is 4. The standard InChI is InChI=1S/C22H19ClFN3OS/c1-13-7-8-16(12-18(13)23)26-22(29)25-15-9-10-20(14(2)11-15)27-21(28)17-5-3-4-6-19(17)24/h3-12H,1-2H3,(H,27,28)(H2,25,26,29). The van der Waals surface area contributed by atoms with Gasteiger partial charge in [0.05, 0.1) is 5.56 Å². The summed E-state index contributed by atoms with van der Waals surface area (Å²) >= 11 is 11.5. The van der Waals surface area contributed by atoms with Crippen LogP contribution in [-0.4, -0.2) is 11.0 Å². The highest BCUT2D eigenvalue weighted by atomic mass is 35.5. The first-order valence-corrected chi connectivity index (χ1v) is 9.63. The molecule has 0 aliphatic carbocycles. The molecule has 0 radical (unpaired) electrons. The summed E-state index contributed by atoms with van der Waals surface area (Å²) in [4.78, 5) is 12.3. The SMILES string of the molecule is Cc1ccc(NC(=S)Nc2ccc(NC(=O)c3ccccc3F)c(C)c2)cc1Cl. The van der Waals surface area contributed by atoms with Crippen molar-refractivity contribution in [1.29, 1.82) is 0 Å². The third-order valence-electron chi connectivity index (χ3n) is 4.28. The molecule has 0 saturated heterocycles. The van der Waals surface area contributed by atoms with E-state index in [2.05, 4.69) is 16.0 Å². The zero-order chi connectivity index (χ0) is 21.0. The number of hydrogen-bond acceptors (Lipinski definition) is 2. The van der Waals surface area contributed by atoms with E-state index in [0.717, 1.165) is 22.5 Å². The quantitative estimate of drug-likeness (QED) is 0.436. The number of carbonyl (C=O) groups is 1. The summed E-state index contributed by atoms with van der Waals surface area (Å²) in [6.45, 7) is 3.77. The molecule has 3 rings (SSSR count). The molecule has 4 nitrogen and oxygen atoms in total. The Morgan fingerprint density at radius 1 is 0.897 bits per heavy atom. The smallest absolute Gasteiger partial charge is 0.258 e. The van der Waals surface area contributed by atoms with E-state index in [1.54, 1.807) is 30.3 Å². The fourth-order valence-electron chi connectivity index (χ4n) is 2.68. The maximum atomic E-state index is 13.8. The Morgan fingerprint density at radius 3 is 2.21 bits per heavy atom. The van der Waals surface area contributed by atoms with Gasteiger partial charge in [0.15, 0.2) is 5.11 Å². The van der Waals surface area contributed by atoms with Gasteiger partial charge >= 0.3 is 0 Å². The summed E-state index contributed by atoms with van der Waals surface area (Å²) in [5, 5.41) is 9.96. The number of benzene rings is 3. The van der Waals surface area contributed by atoms with Crippen molar-refractivity contribution in [3.05, 3.63) is 88.2 Å². The summed E-state index contributed by atoms with van der Waals surface area (Å²) < 4.78 is 13.8. The average molecular weight is 428 g/mol. The lowest BCUT2D eigenvalue weighted by Crippen LogP contribution is -2.19. The molecular weight excluding hydrogens is 409 g/mol. The molecule has 0 atom stereocenters. The molecule has 7 heteroatoms. The van der Waals surface area contributed by atoms with Gasteiger partial charge in [-0.1, -0.05) is 29.8 Å². The minimum absolute atomic E-state index is 0.00348. The molecule has 0 aliphatic heterocycles. The van der Waals surface area contributed by atoms with Crippen LogP contribution in [-0.2, 0) is 0 Å². The zero-order valence-electron chi connectivity index (χ0n) is 15.8. The molecule has 0 fully saturated rings. The molecule has 1 amide bonds. The first-order chi connectivity index (χ1) is 13.8. The molecule has 3 aromatic rings. The largest absolute Gasteiger partial charge is 0.332 e. The van der Waals surface area contributed by atoms with Crippen LogP contribution in [0.3, 0.4) is 0 Å². The fraction of sp³-hybridized carbons (Fsp3) is 0.0909. The number of anilines is 3. The van der Waals surface area contributed by atoms with Crippen LogP contribution in [0.15, 0.2) is 60.7 Å². The summed E-state index contributed by atoms with van der Waals surface area (Å²) in [7, 11) is 0. The van der Waals surface area contributed by atoms with Crippen molar-refractivity contribution in [2.45, 2.75) is 13.8 Å². The topological polar surface area (TPSA) is 53.2 Å². The van der Waals surface area contributed by atoms with E-state index in [0.29, 0.717) is 15.8 Å². The summed E-state index contributed by atoms with van der Waals surface area (Å²) in [5.41, 5.74) is 3.91. The van der Waals surface area contributed by atoms with Crippen molar-refractivity contribution >= 4 is 51.9 Å². The molecule has 0 bridgehead atoms. The number of aryl methyl sites for hydroxylation is 2. The van der Waals surface area contributed by atoms with E-state index in [1.165, 1.54) is 12.1 Å². The minimum atomic E-state index is -0.562. The molecule has 148 valence electrons. The van der Waals surface area contributed by atoms with Crippen molar-refractivity contribution < 1.29 is 9.18 Å². The van der Waals surface area contributed by atoms with Crippen LogP contribution < -0.4 is 16.0 Å². The lowest BCUT2D eigenvalue weighted by molar-refractivity contribution is 0.102. The Morgan fingerprint density at radius 2 is 1.55 bits per heavy atom. The molecule has 0 aromatic heterocycles. The predicted octanol–water partition coefficient (Wildman–Crippen LogP) is 6.16. The Hall–Kier alpha value is -2.96. The Labute approximate surface area is 179 Å². The second kappa shape index (κ2) is 9.03. The van der Waals surface area contributed by atoms with Crippen molar-refractivity contribution in [3.8, 4) is 0 Å². The lowest BCUT2D eigenvalue weighted by Gasteiger charge is -2.14. The number of halogens is 2. The minimum Gasteiger partial charge on any atom is -0.332 e. The van der Waals surface area contributed by atoms with E-state index in [1.807, 2.05) is 32.0 Å². The number of hydrogen-bond donors (Lipinski definition) is 3. The summed E-state index contributed by atoms with van der Waals surface area (Å²) in [6.07, 6.45) is 0. The average Bonchev–Trinajstić information content (AvgIpc) is 2.67. The second-order valence-corrected chi connectivity index (χ2v) is 7.32. The maximum absolute atomic E-state index is 13.8. The second-order valence-electron chi connectivity index (χ2n) is 6.51. The molecule has 0 spiro atoms. The monoisotopic (exact) mass is 427 g/mol. The van der Waals surface area contributed by atoms with Crippen molar-refractivity contribution in [1.82, 2.24) is 0 Å². The molecule has 29 heavy (non-hydrogen) atoms. The normalized spacial score (nSPS) is 10.3. The third kappa shape index (κ3) is 5.31. The molecule has 0 heterocycles. The van der Waals surface area contributed by atoms with Gasteiger partial charge in [0.25, 0.3) is 5.91 Å². The van der Waals surface area contributed by atoms with E-state index in [4.69, 9.17) is 23.8 Å². The number of amides is 1. The van der Waals surface area contributed by atoms with Gasteiger partial charge < -0.3 is 16.0 Å². The van der Waals surface area contributed by atoms with Gasteiger partial charge in [-0.3, -0.25) is 4.79 Å². The first kappa shape index (κ1) is 20.8. The number of nitrogens with one attached hydrogen (secondary N) is 3. The highest BCUT2D eigenvalue weighted by molar-refractivity contribution is 7.80. The molecule has 0 saturated carbocycles. The fourth-order valence-corrected chi connectivity index (χ4v) is 3.10. The Bertz CT molecular complexity index is 1090. The van der Waals surface area contributed by atoms with E-state index in [9.17, 15) is 9.18 Å². The number of carbonyl (C=O) groups excluding carboxylic acids is 1. The zero-order valence-corrected chi connectivity index (χ0v) is 17.4. The van der Waals surface area contributed by atoms with Gasteiger partial charge in [0.2, 0.25) is 0 Å². The van der Waals surface area contributed by atoms with Crippen LogP contribution in [0, 0.1) is 19.7 Å². The van der Waals surface area contributed by atoms with E-state index < -0.39 is 11.7 Å². The first-order valence-electron chi connectivity index (χ1n) is 8.84. The summed E-state index contributed by atoms with van der Waals surface area (Å²) in [5.74, 6) is -1.06. The number of thiocarbonyl (C=S) groups is 1. The van der Waals surface area contributed by atoms with Crippen LogP contribution in [0.1, 0.15) is 21.5 Å². The van der Waals surface area contributed by atoms with Crippen molar-refractivity contribution in [3.63, 3.8) is 0 Å². The van der Waals surface area contributed by atoms with Gasteiger partial charge in [0, 0.05) is 22.1 Å². The predicted molar refractivity (Wildman–Crippen MR) is 122 cm³/mol. The molecular formula is C22H19ClFN3OS. The van der Waals surface area contributed by atoms with Crippen LogP contribution in [0.5, 0.6) is 0 Å². The highest BCUT2D eigenvalue weighted by Crippen LogP contribution is 2.23. The van der Waals surface area contributed by atoms with Gasteiger partial charge in [-0.05, 0) is 79.7 Å². The van der Waals surface area contributed by atoms with Crippen molar-refractivity contribution in [2.75, 3.05) is 16.0 Å². The van der Waals surface area contributed by atoms with E-state index >= 15 is 0 Å². The van der Waals surface area contributed by atoms with Crippen LogP contribution in [0.25, 0.3) is 0 Å². The Balaban J connectivity index is 1.66. The molecule has 0 aliphatic rings. The molecule has 3 N–H and O–H groups in total. The highest BCUT2D eigenvalue weighted by Gasteiger charge is 2.12. The van der Waals surface area contributed by atoms with Gasteiger partial charge in [-0.15, -0.1) is 0 Å². The molecule has 3 aromatic carbocycles. The van der Waals surface area contributed by atoms with E-state index in [-0.39, 0.29) is 5.56 Å². The van der Waals surface area contributed by atoms with Gasteiger partial charge in [-0.2, -0.15) is 0 Å². The van der Waals surface area contributed by atoms with Crippen LogP contribution >= 0.6 is 23.8 Å². The van der Waals surface area contributed by atoms with Gasteiger partial charge in [-0.25, -0.2) is 4.39 Å². The Kier molecular flexibility index (Phi) is 6.46.